The minimum Gasteiger partial charge on any atom is -0.355 e. The van der Waals surface area contributed by atoms with Gasteiger partial charge >= 0.3 is 0 Å². The zero-order valence-corrected chi connectivity index (χ0v) is 21.7. The topological polar surface area (TPSA) is 72.6 Å². The molecule has 0 atom stereocenters. The van der Waals surface area contributed by atoms with Gasteiger partial charge in [-0.05, 0) is 38.5 Å². The second-order valence-corrected chi connectivity index (χ2v) is 10.3. The highest BCUT2D eigenvalue weighted by Crippen LogP contribution is 2.36. The van der Waals surface area contributed by atoms with Gasteiger partial charge in [-0.2, -0.15) is 5.26 Å². The number of pyridine rings is 1. The molecule has 33 heavy (non-hydrogen) atoms. The number of carbonyl (C=O) groups is 1. The van der Waals surface area contributed by atoms with E-state index in [9.17, 15) is 14.9 Å². The van der Waals surface area contributed by atoms with Crippen LogP contribution in [0.1, 0.15) is 56.2 Å². The van der Waals surface area contributed by atoms with E-state index in [1.807, 2.05) is 19.9 Å². The molecule has 1 amide bonds. The summed E-state index contributed by atoms with van der Waals surface area (Å²) in [6.07, 6.45) is 5.67. The number of nitriles is 1. The predicted octanol–water partition coefficient (Wildman–Crippen LogP) is 3.58. The molecule has 2 aliphatic heterocycles. The molecule has 2 saturated heterocycles. The lowest BCUT2D eigenvalue weighted by Crippen LogP contribution is -2.47. The van der Waals surface area contributed by atoms with Crippen LogP contribution in [0.15, 0.2) is 9.70 Å². The number of anilines is 1. The van der Waals surface area contributed by atoms with E-state index in [2.05, 4.69) is 29.8 Å². The van der Waals surface area contributed by atoms with Crippen molar-refractivity contribution in [2.24, 2.45) is 0 Å². The van der Waals surface area contributed by atoms with Gasteiger partial charge in [0, 0.05) is 44.8 Å². The summed E-state index contributed by atoms with van der Waals surface area (Å²) in [6, 6.07) is 2.11. The number of unbranched alkanes of at least 4 members (excludes halogenated alkanes) is 2. The smallest absolute Gasteiger partial charge is 0.270 e. The molecular weight excluding hydrogens is 454 g/mol. The van der Waals surface area contributed by atoms with Crippen LogP contribution in [0.4, 0.5) is 5.82 Å². The van der Waals surface area contributed by atoms with Crippen LogP contribution in [0.5, 0.6) is 0 Å². The molecule has 1 aromatic rings. The highest BCUT2D eigenvalue weighted by molar-refractivity contribution is 8.26. The lowest BCUT2D eigenvalue weighted by molar-refractivity contribution is -0.122. The molecule has 0 aromatic carbocycles. The zero-order valence-electron chi connectivity index (χ0n) is 20.0. The Morgan fingerprint density at radius 2 is 1.79 bits per heavy atom. The standard InChI is InChI=1S/C24H33N5O2S2/c1-5-7-8-10-29-23(31)20(33-24(29)32)15-18-17(3)19(16-25)22(30)28(9-6-2)21(18)27-13-11-26(4)12-14-27/h15H,5-14H2,1-4H3. The van der Waals surface area contributed by atoms with Gasteiger partial charge in [0.25, 0.3) is 11.5 Å². The van der Waals surface area contributed by atoms with Crippen molar-refractivity contribution in [3.8, 4) is 6.07 Å². The summed E-state index contributed by atoms with van der Waals surface area (Å²) in [5.74, 6) is 0.722. The number of hydrogen-bond acceptors (Lipinski definition) is 7. The molecule has 0 aliphatic carbocycles. The predicted molar refractivity (Wildman–Crippen MR) is 140 cm³/mol. The molecule has 9 heteroatoms. The average molecular weight is 488 g/mol. The van der Waals surface area contributed by atoms with Crippen LogP contribution < -0.4 is 10.5 Å². The maximum absolute atomic E-state index is 13.2. The minimum atomic E-state index is -0.255. The molecular formula is C24H33N5O2S2. The fourth-order valence-corrected chi connectivity index (χ4v) is 5.57. The van der Waals surface area contributed by atoms with E-state index in [1.54, 1.807) is 9.47 Å². The summed E-state index contributed by atoms with van der Waals surface area (Å²) in [5.41, 5.74) is 1.29. The summed E-state index contributed by atoms with van der Waals surface area (Å²) >= 11 is 6.81. The Hall–Kier alpha value is -2.15. The second-order valence-electron chi connectivity index (χ2n) is 8.64. The number of rotatable bonds is 8. The van der Waals surface area contributed by atoms with E-state index in [4.69, 9.17) is 12.2 Å². The van der Waals surface area contributed by atoms with E-state index in [1.165, 1.54) is 11.8 Å². The third-order valence-corrected chi connectivity index (χ3v) is 7.61. The average Bonchev–Trinajstić information content (AvgIpc) is 3.06. The maximum atomic E-state index is 13.2. The van der Waals surface area contributed by atoms with Gasteiger partial charge in [-0.25, -0.2) is 0 Å². The SMILES string of the molecule is CCCCCN1C(=O)C(=Cc2c(C)c(C#N)c(=O)n(CCC)c2N2CCN(C)CC2)SC1=S. The van der Waals surface area contributed by atoms with Crippen molar-refractivity contribution in [3.63, 3.8) is 0 Å². The molecule has 0 spiro atoms. The molecule has 0 bridgehead atoms. The minimum absolute atomic E-state index is 0.0865. The van der Waals surface area contributed by atoms with Crippen LogP contribution >= 0.6 is 24.0 Å². The number of carbonyl (C=O) groups excluding carboxylic acids is 1. The monoisotopic (exact) mass is 487 g/mol. The van der Waals surface area contributed by atoms with Crippen molar-refractivity contribution in [1.82, 2.24) is 14.4 Å². The number of thiocarbonyl (C=S) groups is 1. The molecule has 7 nitrogen and oxygen atoms in total. The number of amides is 1. The van der Waals surface area contributed by atoms with Crippen molar-refractivity contribution in [2.45, 2.75) is 53.0 Å². The molecule has 2 fully saturated rings. The first kappa shape index (κ1) is 25.5. The van der Waals surface area contributed by atoms with Gasteiger partial charge in [0.1, 0.15) is 21.8 Å². The molecule has 3 heterocycles. The van der Waals surface area contributed by atoms with Gasteiger partial charge in [-0.1, -0.05) is 50.7 Å². The Balaban J connectivity index is 2.13. The normalized spacial score (nSPS) is 18.5. The number of likely N-dealkylation sites (N-methyl/N-ethyl adjacent to an activating group) is 1. The van der Waals surface area contributed by atoms with E-state index in [0.717, 1.165) is 63.2 Å². The number of nitrogens with zero attached hydrogens (tertiary/aromatic N) is 5. The third-order valence-electron chi connectivity index (χ3n) is 6.23. The highest BCUT2D eigenvalue weighted by Gasteiger charge is 2.33. The van der Waals surface area contributed by atoms with Gasteiger partial charge in [0.05, 0.1) is 4.91 Å². The van der Waals surface area contributed by atoms with Crippen LogP contribution in [0.2, 0.25) is 0 Å². The van der Waals surface area contributed by atoms with E-state index in [0.29, 0.717) is 27.9 Å². The summed E-state index contributed by atoms with van der Waals surface area (Å²) < 4.78 is 2.30. The van der Waals surface area contributed by atoms with Crippen molar-refractivity contribution in [3.05, 3.63) is 31.9 Å². The molecule has 3 rings (SSSR count). The van der Waals surface area contributed by atoms with Gasteiger partial charge < -0.3 is 9.80 Å². The van der Waals surface area contributed by atoms with Crippen molar-refractivity contribution >= 4 is 46.1 Å². The number of thioether (sulfide) groups is 1. The molecule has 0 radical (unpaired) electrons. The zero-order chi connectivity index (χ0) is 24.1. The summed E-state index contributed by atoms with van der Waals surface area (Å²) in [5, 5.41) is 9.76. The molecule has 178 valence electrons. The third kappa shape index (κ3) is 5.34. The molecule has 0 saturated carbocycles. The van der Waals surface area contributed by atoms with Gasteiger partial charge in [-0.15, -0.1) is 0 Å². The fraction of sp³-hybridized carbons (Fsp3) is 0.583. The Labute approximate surface area is 206 Å². The van der Waals surface area contributed by atoms with E-state index >= 15 is 0 Å². The Bertz CT molecular complexity index is 1050. The Morgan fingerprint density at radius 3 is 2.39 bits per heavy atom. The first-order valence-corrected chi connectivity index (χ1v) is 12.9. The fourth-order valence-electron chi connectivity index (χ4n) is 4.28. The van der Waals surface area contributed by atoms with Crippen LogP contribution in [-0.4, -0.2) is 64.4 Å². The summed E-state index contributed by atoms with van der Waals surface area (Å²) in [7, 11) is 2.09. The lowest BCUT2D eigenvalue weighted by atomic mass is 10.0. The molecule has 0 unspecified atom stereocenters. The van der Waals surface area contributed by atoms with Gasteiger partial charge in [-0.3, -0.25) is 19.1 Å². The molecule has 1 aromatic heterocycles. The van der Waals surface area contributed by atoms with E-state index < -0.39 is 0 Å². The quantitative estimate of drug-likeness (QED) is 0.315. The van der Waals surface area contributed by atoms with Crippen LogP contribution in [-0.2, 0) is 11.3 Å². The van der Waals surface area contributed by atoms with Gasteiger partial charge in [0.2, 0.25) is 0 Å². The molecule has 0 N–H and O–H groups in total. The summed E-state index contributed by atoms with van der Waals surface area (Å²) in [6.45, 7) is 10.4. The first-order chi connectivity index (χ1) is 15.8. The Morgan fingerprint density at radius 1 is 1.09 bits per heavy atom. The van der Waals surface area contributed by atoms with E-state index in [-0.39, 0.29) is 17.0 Å². The number of piperazine rings is 1. The number of aromatic nitrogens is 1. The number of hydrogen-bond donors (Lipinski definition) is 0. The second kappa shape index (κ2) is 11.3. The van der Waals surface area contributed by atoms with Crippen LogP contribution in [0, 0.1) is 18.3 Å². The van der Waals surface area contributed by atoms with Gasteiger partial charge in [0.15, 0.2) is 0 Å². The van der Waals surface area contributed by atoms with Crippen LogP contribution in [0.25, 0.3) is 6.08 Å². The van der Waals surface area contributed by atoms with Crippen molar-refractivity contribution in [2.75, 3.05) is 44.7 Å². The van der Waals surface area contributed by atoms with Crippen molar-refractivity contribution < 1.29 is 4.79 Å². The summed E-state index contributed by atoms with van der Waals surface area (Å²) in [4.78, 5) is 33.1. The molecule has 2 aliphatic rings. The maximum Gasteiger partial charge on any atom is 0.270 e. The van der Waals surface area contributed by atoms with Crippen LogP contribution in [0.3, 0.4) is 0 Å². The van der Waals surface area contributed by atoms with Crippen molar-refractivity contribution in [1.29, 1.82) is 5.26 Å². The Kier molecular flexibility index (Phi) is 8.74. The first-order valence-electron chi connectivity index (χ1n) is 11.7. The highest BCUT2D eigenvalue weighted by atomic mass is 32.2. The lowest BCUT2D eigenvalue weighted by Gasteiger charge is -2.36. The largest absolute Gasteiger partial charge is 0.355 e.